The molecule has 1 heterocycles. The number of aromatic hydroxyl groups is 1. The van der Waals surface area contributed by atoms with Gasteiger partial charge in [0.25, 0.3) is 0 Å². The number of aryl methyl sites for hydroxylation is 1. The van der Waals surface area contributed by atoms with Crippen LogP contribution in [0.1, 0.15) is 32.6 Å². The Morgan fingerprint density at radius 2 is 1.90 bits per heavy atom. The summed E-state index contributed by atoms with van der Waals surface area (Å²) in [7, 11) is 0. The van der Waals surface area contributed by atoms with Gasteiger partial charge in [-0.05, 0) is 49.1 Å². The van der Waals surface area contributed by atoms with Crippen molar-refractivity contribution in [2.75, 3.05) is 6.54 Å². The quantitative estimate of drug-likeness (QED) is 0.846. The SMILES string of the molecule is CC(C)(CCN)CCc1nc(-c2ccc(O)cc2)no1. The molecule has 0 atom stereocenters. The van der Waals surface area contributed by atoms with Crippen LogP contribution in [0.25, 0.3) is 11.4 Å². The van der Waals surface area contributed by atoms with E-state index in [1.807, 2.05) is 0 Å². The number of nitrogens with zero attached hydrogens (tertiary/aromatic N) is 2. The number of phenols is 1. The second-order valence-electron chi connectivity index (χ2n) is 5.76. The van der Waals surface area contributed by atoms with E-state index in [1.54, 1.807) is 24.3 Å². The van der Waals surface area contributed by atoms with Crippen LogP contribution >= 0.6 is 0 Å². The highest BCUT2D eigenvalue weighted by molar-refractivity contribution is 5.55. The molecule has 0 bridgehead atoms. The van der Waals surface area contributed by atoms with Gasteiger partial charge in [-0.3, -0.25) is 0 Å². The zero-order valence-electron chi connectivity index (χ0n) is 12.0. The third-order valence-electron chi connectivity index (χ3n) is 3.43. The zero-order chi connectivity index (χ0) is 14.6. The lowest BCUT2D eigenvalue weighted by molar-refractivity contribution is 0.289. The number of nitrogens with two attached hydrogens (primary N) is 1. The monoisotopic (exact) mass is 275 g/mol. The van der Waals surface area contributed by atoms with Gasteiger partial charge in [-0.2, -0.15) is 4.98 Å². The van der Waals surface area contributed by atoms with E-state index < -0.39 is 0 Å². The number of aromatic nitrogens is 2. The summed E-state index contributed by atoms with van der Waals surface area (Å²) < 4.78 is 5.27. The number of benzene rings is 1. The van der Waals surface area contributed by atoms with Gasteiger partial charge in [-0.15, -0.1) is 0 Å². The maximum atomic E-state index is 9.26. The first-order chi connectivity index (χ1) is 9.50. The van der Waals surface area contributed by atoms with Gasteiger partial charge in [-0.1, -0.05) is 19.0 Å². The van der Waals surface area contributed by atoms with Gasteiger partial charge >= 0.3 is 0 Å². The highest BCUT2D eigenvalue weighted by atomic mass is 16.5. The third kappa shape index (κ3) is 3.81. The van der Waals surface area contributed by atoms with E-state index in [0.29, 0.717) is 18.3 Å². The number of hydrogen-bond acceptors (Lipinski definition) is 5. The zero-order valence-corrected chi connectivity index (χ0v) is 12.0. The van der Waals surface area contributed by atoms with Crippen LogP contribution in [0.15, 0.2) is 28.8 Å². The second kappa shape index (κ2) is 6.05. The van der Waals surface area contributed by atoms with E-state index in [4.69, 9.17) is 10.3 Å². The standard InChI is InChI=1S/C15H21N3O2/c1-15(2,9-10-16)8-7-13-17-14(18-20-13)11-3-5-12(19)6-4-11/h3-6,19H,7-10,16H2,1-2H3. The summed E-state index contributed by atoms with van der Waals surface area (Å²) in [5.74, 6) is 1.41. The van der Waals surface area contributed by atoms with E-state index in [9.17, 15) is 5.11 Å². The fourth-order valence-electron chi connectivity index (χ4n) is 2.05. The predicted octanol–water partition coefficient (Wildman–Crippen LogP) is 2.75. The molecular weight excluding hydrogens is 254 g/mol. The van der Waals surface area contributed by atoms with Crippen molar-refractivity contribution in [2.45, 2.75) is 33.1 Å². The minimum absolute atomic E-state index is 0.182. The Morgan fingerprint density at radius 1 is 1.20 bits per heavy atom. The van der Waals surface area contributed by atoms with Crippen LogP contribution in [0, 0.1) is 5.41 Å². The van der Waals surface area contributed by atoms with Crippen molar-refractivity contribution in [1.82, 2.24) is 10.1 Å². The highest BCUT2D eigenvalue weighted by Gasteiger charge is 2.18. The van der Waals surface area contributed by atoms with Crippen LogP contribution < -0.4 is 5.73 Å². The van der Waals surface area contributed by atoms with Gasteiger partial charge in [0.15, 0.2) is 0 Å². The topological polar surface area (TPSA) is 85.2 Å². The Kier molecular flexibility index (Phi) is 4.39. The summed E-state index contributed by atoms with van der Waals surface area (Å²) in [4.78, 5) is 4.38. The molecule has 5 nitrogen and oxygen atoms in total. The van der Waals surface area contributed by atoms with Gasteiger partial charge in [0, 0.05) is 12.0 Å². The average molecular weight is 275 g/mol. The molecule has 0 radical (unpaired) electrons. The van der Waals surface area contributed by atoms with Crippen LogP contribution in [0.5, 0.6) is 5.75 Å². The summed E-state index contributed by atoms with van der Waals surface area (Å²) in [6.45, 7) is 5.07. The predicted molar refractivity (Wildman–Crippen MR) is 77.2 cm³/mol. The summed E-state index contributed by atoms with van der Waals surface area (Å²) in [6, 6.07) is 6.75. The van der Waals surface area contributed by atoms with Crippen molar-refractivity contribution in [1.29, 1.82) is 0 Å². The largest absolute Gasteiger partial charge is 0.508 e. The van der Waals surface area contributed by atoms with Crippen molar-refractivity contribution in [2.24, 2.45) is 11.1 Å². The molecule has 108 valence electrons. The second-order valence-corrected chi connectivity index (χ2v) is 5.76. The summed E-state index contributed by atoms with van der Waals surface area (Å²) >= 11 is 0. The lowest BCUT2D eigenvalue weighted by atomic mass is 9.84. The first-order valence-corrected chi connectivity index (χ1v) is 6.82. The van der Waals surface area contributed by atoms with E-state index in [-0.39, 0.29) is 11.2 Å². The molecule has 0 amide bonds. The van der Waals surface area contributed by atoms with Crippen molar-refractivity contribution in [3.8, 4) is 17.1 Å². The molecule has 0 aliphatic heterocycles. The van der Waals surface area contributed by atoms with Crippen molar-refractivity contribution in [3.05, 3.63) is 30.2 Å². The first-order valence-electron chi connectivity index (χ1n) is 6.82. The first kappa shape index (κ1) is 14.5. The Hall–Kier alpha value is -1.88. The van der Waals surface area contributed by atoms with Crippen LogP contribution in [0.4, 0.5) is 0 Å². The molecule has 1 aromatic heterocycles. The number of phenolic OH excluding ortho intramolecular Hbond substituents is 1. The molecule has 5 heteroatoms. The third-order valence-corrected chi connectivity index (χ3v) is 3.43. The smallest absolute Gasteiger partial charge is 0.226 e. The van der Waals surface area contributed by atoms with Crippen LogP contribution in [0.2, 0.25) is 0 Å². The Bertz CT molecular complexity index is 547. The van der Waals surface area contributed by atoms with E-state index in [1.165, 1.54) is 0 Å². The number of hydrogen-bond donors (Lipinski definition) is 2. The fraction of sp³-hybridized carbons (Fsp3) is 0.467. The van der Waals surface area contributed by atoms with E-state index >= 15 is 0 Å². The molecule has 0 saturated heterocycles. The maximum Gasteiger partial charge on any atom is 0.226 e. The Morgan fingerprint density at radius 3 is 2.55 bits per heavy atom. The molecule has 0 aliphatic rings. The minimum atomic E-state index is 0.182. The molecule has 0 unspecified atom stereocenters. The van der Waals surface area contributed by atoms with Gasteiger partial charge in [0.05, 0.1) is 0 Å². The van der Waals surface area contributed by atoms with Crippen molar-refractivity contribution in [3.63, 3.8) is 0 Å². The van der Waals surface area contributed by atoms with Gasteiger partial charge in [0.2, 0.25) is 11.7 Å². The van der Waals surface area contributed by atoms with Gasteiger partial charge in [-0.25, -0.2) is 0 Å². The Labute approximate surface area is 118 Å². The van der Waals surface area contributed by atoms with Crippen LogP contribution in [0.3, 0.4) is 0 Å². The molecule has 1 aromatic carbocycles. The maximum absolute atomic E-state index is 9.26. The van der Waals surface area contributed by atoms with E-state index in [2.05, 4.69) is 24.0 Å². The molecule has 2 rings (SSSR count). The summed E-state index contributed by atoms with van der Waals surface area (Å²) in [6.07, 6.45) is 2.69. The molecule has 0 aliphatic carbocycles. The molecule has 0 fully saturated rings. The normalized spacial score (nSPS) is 11.8. The molecular formula is C15H21N3O2. The molecule has 0 saturated carbocycles. The molecule has 0 spiro atoms. The lowest BCUT2D eigenvalue weighted by Crippen LogP contribution is -2.17. The fourth-order valence-corrected chi connectivity index (χ4v) is 2.05. The van der Waals surface area contributed by atoms with Gasteiger partial charge < -0.3 is 15.4 Å². The summed E-state index contributed by atoms with van der Waals surface area (Å²) in [5, 5.41) is 13.2. The molecule has 2 aromatic rings. The molecule has 3 N–H and O–H groups in total. The van der Waals surface area contributed by atoms with Crippen LogP contribution in [-0.2, 0) is 6.42 Å². The summed E-state index contributed by atoms with van der Waals surface area (Å²) in [5.41, 5.74) is 6.62. The van der Waals surface area contributed by atoms with Crippen molar-refractivity contribution < 1.29 is 9.63 Å². The highest BCUT2D eigenvalue weighted by Crippen LogP contribution is 2.26. The average Bonchev–Trinajstić information content (AvgIpc) is 2.86. The van der Waals surface area contributed by atoms with Crippen molar-refractivity contribution >= 4 is 0 Å². The minimum Gasteiger partial charge on any atom is -0.508 e. The Balaban J connectivity index is 2.00. The van der Waals surface area contributed by atoms with Crippen LogP contribution in [-0.4, -0.2) is 21.8 Å². The molecule has 20 heavy (non-hydrogen) atoms. The van der Waals surface area contributed by atoms with E-state index in [0.717, 1.165) is 24.8 Å². The lowest BCUT2D eigenvalue weighted by Gasteiger charge is -2.22. The number of rotatable bonds is 6. The van der Waals surface area contributed by atoms with Gasteiger partial charge in [0.1, 0.15) is 5.75 Å².